The Hall–Kier alpha value is -2.02. The zero-order chi connectivity index (χ0) is 17.2. The van der Waals surface area contributed by atoms with Crippen LogP contribution < -0.4 is 10.2 Å². The van der Waals surface area contributed by atoms with E-state index >= 15 is 0 Å². The fraction of sp³-hybridized carbons (Fsp3) is 0.350. The average Bonchev–Trinajstić information content (AvgIpc) is 2.63. The number of nitrogens with one attached hydrogen (secondary N) is 1. The molecule has 0 aliphatic heterocycles. The van der Waals surface area contributed by atoms with Gasteiger partial charge in [0, 0.05) is 42.8 Å². The average molecular weight is 342 g/mol. The van der Waals surface area contributed by atoms with Gasteiger partial charge in [0.15, 0.2) is 0 Å². The van der Waals surface area contributed by atoms with Gasteiger partial charge in [-0.2, -0.15) is 5.26 Å². The van der Waals surface area contributed by atoms with Gasteiger partial charge in [-0.3, -0.25) is 0 Å². The predicted octanol–water partition coefficient (Wildman–Crippen LogP) is 4.80. The lowest BCUT2D eigenvalue weighted by atomic mass is 10.0. The van der Waals surface area contributed by atoms with Gasteiger partial charge >= 0.3 is 0 Å². The second kappa shape index (κ2) is 9.97. The largest absolute Gasteiger partial charge is 0.371 e. The van der Waals surface area contributed by atoms with Crippen molar-refractivity contribution in [2.24, 2.45) is 0 Å². The van der Waals surface area contributed by atoms with Crippen molar-refractivity contribution in [1.29, 1.82) is 5.26 Å². The highest BCUT2D eigenvalue weighted by Crippen LogP contribution is 2.20. The van der Waals surface area contributed by atoms with Crippen molar-refractivity contribution in [3.8, 4) is 6.07 Å². The summed E-state index contributed by atoms with van der Waals surface area (Å²) in [5.41, 5.74) is 2.42. The van der Waals surface area contributed by atoms with Gasteiger partial charge in [0.2, 0.25) is 0 Å². The van der Waals surface area contributed by atoms with Crippen LogP contribution in [0.4, 0.5) is 5.69 Å². The van der Waals surface area contributed by atoms with Gasteiger partial charge in [-0.15, -0.1) is 0 Å². The van der Waals surface area contributed by atoms with E-state index in [-0.39, 0.29) is 6.04 Å². The minimum Gasteiger partial charge on any atom is -0.371 e. The van der Waals surface area contributed by atoms with Crippen LogP contribution in [0.2, 0.25) is 5.02 Å². The molecule has 2 aromatic carbocycles. The molecule has 1 unspecified atom stereocenters. The Bertz CT molecular complexity index is 634. The molecule has 0 saturated carbocycles. The Labute approximate surface area is 149 Å². The summed E-state index contributed by atoms with van der Waals surface area (Å²) in [5, 5.41) is 13.2. The summed E-state index contributed by atoms with van der Waals surface area (Å²) in [6, 6.07) is 20.7. The summed E-state index contributed by atoms with van der Waals surface area (Å²) in [6.45, 7) is 4.92. The maximum absolute atomic E-state index is 8.90. The highest BCUT2D eigenvalue weighted by molar-refractivity contribution is 6.30. The summed E-state index contributed by atoms with van der Waals surface area (Å²) in [5.74, 6) is 0. The SMILES string of the molecule is CCN(CCNC(CCC#N)c1ccc(Cl)cc1)c1ccccc1. The zero-order valence-electron chi connectivity index (χ0n) is 14.1. The maximum atomic E-state index is 8.90. The second-order valence-electron chi connectivity index (χ2n) is 5.67. The first-order chi connectivity index (χ1) is 11.7. The van der Waals surface area contributed by atoms with Crippen molar-refractivity contribution < 1.29 is 0 Å². The van der Waals surface area contributed by atoms with Gasteiger partial charge in [-0.1, -0.05) is 41.9 Å². The molecule has 0 saturated heterocycles. The molecular weight excluding hydrogens is 318 g/mol. The van der Waals surface area contributed by atoms with Crippen LogP contribution >= 0.6 is 11.6 Å². The van der Waals surface area contributed by atoms with E-state index in [9.17, 15) is 0 Å². The lowest BCUT2D eigenvalue weighted by Crippen LogP contribution is -2.33. The Morgan fingerprint density at radius 1 is 1.12 bits per heavy atom. The molecule has 2 aromatic rings. The standard InChI is InChI=1S/C20H24ClN3/c1-2-24(19-7-4-3-5-8-19)16-15-23-20(9-6-14-22)17-10-12-18(21)13-11-17/h3-5,7-8,10-13,20,23H,2,6,9,15-16H2,1H3. The molecule has 0 heterocycles. The maximum Gasteiger partial charge on any atom is 0.0622 e. The number of hydrogen-bond acceptors (Lipinski definition) is 3. The minimum atomic E-state index is 0.177. The van der Waals surface area contributed by atoms with Crippen LogP contribution in [0.15, 0.2) is 54.6 Å². The highest BCUT2D eigenvalue weighted by atomic mass is 35.5. The van der Waals surface area contributed by atoms with Gasteiger partial charge in [0.05, 0.1) is 6.07 Å². The molecule has 1 atom stereocenters. The van der Waals surface area contributed by atoms with Crippen molar-refractivity contribution in [3.63, 3.8) is 0 Å². The van der Waals surface area contributed by atoms with Crippen molar-refractivity contribution in [1.82, 2.24) is 5.32 Å². The van der Waals surface area contributed by atoms with Gasteiger partial charge in [-0.05, 0) is 43.2 Å². The normalized spacial score (nSPS) is 11.7. The first-order valence-corrected chi connectivity index (χ1v) is 8.78. The van der Waals surface area contributed by atoms with Crippen LogP contribution in [0.3, 0.4) is 0 Å². The number of nitriles is 1. The lowest BCUT2D eigenvalue weighted by Gasteiger charge is -2.25. The van der Waals surface area contributed by atoms with Crippen LogP contribution in [0, 0.1) is 11.3 Å². The number of likely N-dealkylation sites (N-methyl/N-ethyl adjacent to an activating group) is 1. The topological polar surface area (TPSA) is 39.1 Å². The fourth-order valence-electron chi connectivity index (χ4n) is 2.77. The summed E-state index contributed by atoms with van der Waals surface area (Å²) >= 11 is 5.97. The van der Waals surface area contributed by atoms with Crippen LogP contribution in [-0.4, -0.2) is 19.6 Å². The molecule has 0 aromatic heterocycles. The van der Waals surface area contributed by atoms with Gasteiger partial charge in [0.1, 0.15) is 0 Å². The summed E-state index contributed by atoms with van der Waals surface area (Å²) < 4.78 is 0. The summed E-state index contributed by atoms with van der Waals surface area (Å²) in [6.07, 6.45) is 1.34. The zero-order valence-corrected chi connectivity index (χ0v) is 14.8. The fourth-order valence-corrected chi connectivity index (χ4v) is 2.90. The Balaban J connectivity index is 1.94. The third-order valence-electron chi connectivity index (χ3n) is 4.09. The van der Waals surface area contributed by atoms with E-state index in [2.05, 4.69) is 47.5 Å². The molecule has 4 heteroatoms. The number of para-hydroxylation sites is 1. The molecule has 0 spiro atoms. The number of rotatable bonds is 9. The van der Waals surface area contributed by atoms with E-state index in [1.165, 1.54) is 11.3 Å². The quantitative estimate of drug-likeness (QED) is 0.712. The number of halogens is 1. The molecule has 0 bridgehead atoms. The van der Waals surface area contributed by atoms with Crippen molar-refractivity contribution in [2.45, 2.75) is 25.8 Å². The monoisotopic (exact) mass is 341 g/mol. The van der Waals surface area contributed by atoms with Crippen LogP contribution in [0.1, 0.15) is 31.4 Å². The highest BCUT2D eigenvalue weighted by Gasteiger charge is 2.11. The molecule has 0 amide bonds. The Morgan fingerprint density at radius 2 is 1.83 bits per heavy atom. The molecule has 24 heavy (non-hydrogen) atoms. The van der Waals surface area contributed by atoms with Crippen molar-refractivity contribution >= 4 is 17.3 Å². The molecule has 2 rings (SSSR count). The number of anilines is 1. The Morgan fingerprint density at radius 3 is 2.46 bits per heavy atom. The molecule has 0 aliphatic rings. The predicted molar refractivity (Wildman–Crippen MR) is 101 cm³/mol. The van der Waals surface area contributed by atoms with E-state index in [4.69, 9.17) is 16.9 Å². The summed E-state index contributed by atoms with van der Waals surface area (Å²) in [4.78, 5) is 2.34. The molecule has 0 fully saturated rings. The molecule has 126 valence electrons. The van der Waals surface area contributed by atoms with Gasteiger partial charge in [-0.25, -0.2) is 0 Å². The second-order valence-corrected chi connectivity index (χ2v) is 6.11. The van der Waals surface area contributed by atoms with E-state index < -0.39 is 0 Å². The number of hydrogen-bond donors (Lipinski definition) is 1. The van der Waals surface area contributed by atoms with Crippen LogP contribution in [0.25, 0.3) is 0 Å². The van der Waals surface area contributed by atoms with E-state index in [0.29, 0.717) is 6.42 Å². The van der Waals surface area contributed by atoms with E-state index in [1.54, 1.807) is 0 Å². The minimum absolute atomic E-state index is 0.177. The number of nitrogens with zero attached hydrogens (tertiary/aromatic N) is 2. The molecule has 3 nitrogen and oxygen atoms in total. The molecule has 0 radical (unpaired) electrons. The molecule has 0 aliphatic carbocycles. The molecule has 1 N–H and O–H groups in total. The van der Waals surface area contributed by atoms with E-state index in [0.717, 1.165) is 31.1 Å². The van der Waals surface area contributed by atoms with Gasteiger partial charge < -0.3 is 10.2 Å². The smallest absolute Gasteiger partial charge is 0.0622 e. The first-order valence-electron chi connectivity index (χ1n) is 8.40. The van der Waals surface area contributed by atoms with Gasteiger partial charge in [0.25, 0.3) is 0 Å². The first kappa shape index (κ1) is 18.3. The molecular formula is C20H24ClN3. The lowest BCUT2D eigenvalue weighted by molar-refractivity contribution is 0.507. The Kier molecular flexibility index (Phi) is 7.61. The third-order valence-corrected chi connectivity index (χ3v) is 4.34. The van der Waals surface area contributed by atoms with Crippen LogP contribution in [0.5, 0.6) is 0 Å². The summed E-state index contributed by atoms with van der Waals surface area (Å²) in [7, 11) is 0. The number of benzene rings is 2. The third kappa shape index (κ3) is 5.56. The van der Waals surface area contributed by atoms with Crippen molar-refractivity contribution in [2.75, 3.05) is 24.5 Å². The van der Waals surface area contributed by atoms with E-state index in [1.807, 2.05) is 30.3 Å². The van der Waals surface area contributed by atoms with Crippen molar-refractivity contribution in [3.05, 3.63) is 65.2 Å². The van der Waals surface area contributed by atoms with Crippen LogP contribution in [-0.2, 0) is 0 Å².